The molecule has 0 spiro atoms. The predicted octanol–water partition coefficient (Wildman–Crippen LogP) is 2.83. The van der Waals surface area contributed by atoms with Gasteiger partial charge in [-0.2, -0.15) is 8.42 Å². The summed E-state index contributed by atoms with van der Waals surface area (Å²) in [7, 11) is -4.42. The van der Waals surface area contributed by atoms with Gasteiger partial charge < -0.3 is 28.4 Å². The number of benzene rings is 1. The smallest absolute Gasteiger partial charge is 0.483 e. The van der Waals surface area contributed by atoms with Crippen LogP contribution in [0.4, 0.5) is 13.2 Å². The van der Waals surface area contributed by atoms with Crippen LogP contribution >= 0.6 is 0 Å². The maximum absolute atomic E-state index is 13.2. The van der Waals surface area contributed by atoms with Gasteiger partial charge in [-0.15, -0.1) is 13.2 Å². The summed E-state index contributed by atoms with van der Waals surface area (Å²) in [6, 6.07) is 3.09. The molecule has 232 valence electrons. The van der Waals surface area contributed by atoms with Gasteiger partial charge >= 0.3 is 24.3 Å². The molecule has 1 aromatic rings. The predicted molar refractivity (Wildman–Crippen MR) is 132 cm³/mol. The minimum absolute atomic E-state index is 0.0558. The average molecular weight is 623 g/mol. The van der Waals surface area contributed by atoms with Gasteiger partial charge in [0.25, 0.3) is 10.1 Å². The standard InChI is InChI=1S/C26H29F3O12S/c1-12(2)25(7-3-4-8-25)40-15-11-13(5-6-14(15)41-26(27,28)29)22(30)38-20-18-16(23(31)36-9-10-42(33,34)35)17-19(37-18)21(20)39-24(17)32/h5-6,11-12,16-21H,3-4,7-10H2,1-2H3,(H,33,34,35). The van der Waals surface area contributed by atoms with E-state index in [1.54, 1.807) is 0 Å². The molecule has 16 heteroatoms. The number of hydrogen-bond acceptors (Lipinski definition) is 11. The van der Waals surface area contributed by atoms with Crippen molar-refractivity contribution >= 4 is 28.0 Å². The average Bonchev–Trinajstić information content (AvgIpc) is 3.62. The second kappa shape index (κ2) is 10.9. The van der Waals surface area contributed by atoms with Gasteiger partial charge in [0.15, 0.2) is 23.7 Å². The molecule has 3 saturated heterocycles. The maximum atomic E-state index is 13.2. The summed E-state index contributed by atoms with van der Waals surface area (Å²) in [5.74, 6) is -7.00. The fourth-order valence-electron chi connectivity index (χ4n) is 6.19. The summed E-state index contributed by atoms with van der Waals surface area (Å²) in [4.78, 5) is 38.5. The quantitative estimate of drug-likeness (QED) is 0.231. The van der Waals surface area contributed by atoms with Crippen LogP contribution in [0.15, 0.2) is 18.2 Å². The minimum Gasteiger partial charge on any atom is -0.483 e. The van der Waals surface area contributed by atoms with E-state index in [1.807, 2.05) is 13.8 Å². The number of fused-ring (bicyclic) bond motifs is 1. The summed E-state index contributed by atoms with van der Waals surface area (Å²) in [6.45, 7) is 3.10. The molecule has 3 aliphatic heterocycles. The molecule has 1 saturated carbocycles. The molecule has 0 aromatic heterocycles. The first-order chi connectivity index (χ1) is 19.6. The number of rotatable bonds is 10. The molecule has 6 atom stereocenters. The SMILES string of the molecule is CC(C)C1(Oc2cc(C(=O)OC3C4OC(=O)C5C4OC3C5C(=O)OCCS(=O)(=O)O)ccc2OC(F)(F)F)CCCC1. The van der Waals surface area contributed by atoms with Crippen molar-refractivity contribution in [3.05, 3.63) is 23.8 Å². The Balaban J connectivity index is 1.36. The van der Waals surface area contributed by atoms with E-state index in [2.05, 4.69) is 4.74 Å². The molecule has 4 fully saturated rings. The lowest BCUT2D eigenvalue weighted by atomic mass is 9.78. The Kier molecular flexibility index (Phi) is 7.85. The second-order valence-electron chi connectivity index (χ2n) is 11.1. The summed E-state index contributed by atoms with van der Waals surface area (Å²) in [5.41, 5.74) is -0.951. The van der Waals surface area contributed by atoms with Crippen molar-refractivity contribution in [3.63, 3.8) is 0 Å². The van der Waals surface area contributed by atoms with E-state index in [-0.39, 0.29) is 17.2 Å². The molecule has 5 rings (SSSR count). The van der Waals surface area contributed by atoms with E-state index in [0.29, 0.717) is 12.8 Å². The highest BCUT2D eigenvalue weighted by molar-refractivity contribution is 7.85. The molecule has 42 heavy (non-hydrogen) atoms. The van der Waals surface area contributed by atoms with Crippen molar-refractivity contribution in [3.8, 4) is 11.5 Å². The van der Waals surface area contributed by atoms with E-state index in [4.69, 9.17) is 28.2 Å². The Morgan fingerprint density at radius 1 is 1.12 bits per heavy atom. The van der Waals surface area contributed by atoms with Gasteiger partial charge in [-0.25, -0.2) is 4.79 Å². The van der Waals surface area contributed by atoms with Crippen molar-refractivity contribution in [2.24, 2.45) is 17.8 Å². The first-order valence-corrected chi connectivity index (χ1v) is 15.0. The van der Waals surface area contributed by atoms with Gasteiger partial charge in [0, 0.05) is 0 Å². The van der Waals surface area contributed by atoms with Crippen molar-refractivity contribution in [2.45, 2.75) is 75.9 Å². The topological polar surface area (TPSA) is 161 Å². The van der Waals surface area contributed by atoms with Crippen LogP contribution in [0.2, 0.25) is 0 Å². The molecule has 1 aromatic carbocycles. The zero-order valence-corrected chi connectivity index (χ0v) is 23.3. The van der Waals surface area contributed by atoms with E-state index < -0.39 is 94.4 Å². The van der Waals surface area contributed by atoms with Crippen LogP contribution < -0.4 is 9.47 Å². The molecule has 0 amide bonds. The highest BCUT2D eigenvalue weighted by atomic mass is 32.2. The zero-order valence-electron chi connectivity index (χ0n) is 22.5. The normalized spacial score (nSPS) is 29.5. The highest BCUT2D eigenvalue weighted by Gasteiger charge is 2.72. The van der Waals surface area contributed by atoms with Gasteiger partial charge in [0.05, 0.1) is 5.56 Å². The Morgan fingerprint density at radius 3 is 2.43 bits per heavy atom. The third kappa shape index (κ3) is 5.88. The molecule has 12 nitrogen and oxygen atoms in total. The van der Waals surface area contributed by atoms with Crippen molar-refractivity contribution < 1.29 is 68.9 Å². The largest absolute Gasteiger partial charge is 0.573 e. The van der Waals surface area contributed by atoms with E-state index in [1.165, 1.54) is 0 Å². The molecule has 1 aliphatic carbocycles. The lowest BCUT2D eigenvalue weighted by Crippen LogP contribution is -2.48. The van der Waals surface area contributed by atoms with Gasteiger partial charge in [-0.1, -0.05) is 13.8 Å². The molecular weight excluding hydrogens is 593 g/mol. The third-order valence-corrected chi connectivity index (χ3v) is 8.91. The van der Waals surface area contributed by atoms with E-state index in [0.717, 1.165) is 31.0 Å². The van der Waals surface area contributed by atoms with Crippen LogP contribution in [-0.4, -0.2) is 79.6 Å². The highest BCUT2D eigenvalue weighted by Crippen LogP contribution is 2.52. The molecule has 4 aliphatic rings. The van der Waals surface area contributed by atoms with Gasteiger partial charge in [0.2, 0.25) is 0 Å². The fraction of sp³-hybridized carbons (Fsp3) is 0.654. The molecule has 1 N–H and O–H groups in total. The summed E-state index contributed by atoms with van der Waals surface area (Å²) in [6.07, 6.45) is -6.60. The number of carbonyl (C=O) groups excluding carboxylic acids is 3. The van der Waals surface area contributed by atoms with Crippen molar-refractivity contribution in [1.82, 2.24) is 0 Å². The van der Waals surface area contributed by atoms with Gasteiger partial charge in [-0.05, 0) is 49.8 Å². The molecule has 0 radical (unpaired) electrons. The molecule has 3 heterocycles. The summed E-state index contributed by atoms with van der Waals surface area (Å²) in [5, 5.41) is 0. The van der Waals surface area contributed by atoms with Gasteiger partial charge in [0.1, 0.15) is 42.0 Å². The number of hydrogen-bond donors (Lipinski definition) is 1. The Labute approximate surface area is 238 Å². The van der Waals surface area contributed by atoms with Crippen LogP contribution in [0.5, 0.6) is 11.5 Å². The summed E-state index contributed by atoms with van der Waals surface area (Å²) >= 11 is 0. The van der Waals surface area contributed by atoms with Crippen LogP contribution in [-0.2, 0) is 38.7 Å². The van der Waals surface area contributed by atoms with Crippen LogP contribution in [0.1, 0.15) is 49.9 Å². The lowest BCUT2D eigenvalue weighted by molar-refractivity contribution is -0.275. The van der Waals surface area contributed by atoms with E-state index in [9.17, 15) is 36.0 Å². The maximum Gasteiger partial charge on any atom is 0.573 e. The third-order valence-electron chi connectivity index (χ3n) is 8.23. The Hall–Kier alpha value is -3.11. The van der Waals surface area contributed by atoms with Crippen molar-refractivity contribution in [2.75, 3.05) is 12.4 Å². The number of ether oxygens (including phenoxy) is 6. The monoisotopic (exact) mass is 622 g/mol. The number of esters is 3. The van der Waals surface area contributed by atoms with Crippen LogP contribution in [0, 0.1) is 17.8 Å². The molecule has 6 unspecified atom stereocenters. The fourth-order valence-corrected chi connectivity index (χ4v) is 6.48. The minimum atomic E-state index is -5.02. The number of halogens is 3. The second-order valence-corrected chi connectivity index (χ2v) is 12.7. The zero-order chi connectivity index (χ0) is 30.6. The molecule has 2 bridgehead atoms. The number of carbonyl (C=O) groups is 3. The first-order valence-electron chi connectivity index (χ1n) is 13.4. The Morgan fingerprint density at radius 2 is 1.81 bits per heavy atom. The molecular formula is C26H29F3O12S. The van der Waals surface area contributed by atoms with E-state index >= 15 is 0 Å². The lowest BCUT2D eigenvalue weighted by Gasteiger charge is -2.35. The first kappa shape index (κ1) is 30.4. The number of alkyl halides is 3. The van der Waals surface area contributed by atoms with Crippen LogP contribution in [0.25, 0.3) is 0 Å². The van der Waals surface area contributed by atoms with Gasteiger partial charge in [-0.3, -0.25) is 14.1 Å². The van der Waals surface area contributed by atoms with Crippen molar-refractivity contribution in [1.29, 1.82) is 0 Å². The van der Waals surface area contributed by atoms with Crippen LogP contribution in [0.3, 0.4) is 0 Å². The Bertz CT molecular complexity index is 1350. The summed E-state index contributed by atoms with van der Waals surface area (Å²) < 4.78 is 102.